The summed E-state index contributed by atoms with van der Waals surface area (Å²) in [5, 5.41) is 0. The lowest BCUT2D eigenvalue weighted by atomic mass is 10.1. The maximum absolute atomic E-state index is 5.90. The van der Waals surface area contributed by atoms with E-state index >= 15 is 0 Å². The van der Waals surface area contributed by atoms with Gasteiger partial charge in [0.25, 0.3) is 0 Å². The maximum atomic E-state index is 5.90. The summed E-state index contributed by atoms with van der Waals surface area (Å²) in [5.74, 6) is 0. The van der Waals surface area contributed by atoms with Crippen molar-refractivity contribution >= 4 is 11.9 Å². The van der Waals surface area contributed by atoms with E-state index in [2.05, 4.69) is 29.6 Å². The van der Waals surface area contributed by atoms with Crippen molar-refractivity contribution in [3.8, 4) is 0 Å². The summed E-state index contributed by atoms with van der Waals surface area (Å²) in [7, 11) is 4.35. The molecule has 2 fully saturated rings. The molecule has 3 nitrogen and oxygen atoms in total. The lowest BCUT2D eigenvalue weighted by Gasteiger charge is -2.39. The quantitative estimate of drug-likeness (QED) is 0.655. The van der Waals surface area contributed by atoms with Gasteiger partial charge in [0.15, 0.2) is 0 Å². The summed E-state index contributed by atoms with van der Waals surface area (Å²) < 4.78 is 8.32. The minimum absolute atomic E-state index is 0.356. The molecule has 14 heavy (non-hydrogen) atoms. The molecule has 1 atom stereocenters. The van der Waals surface area contributed by atoms with Crippen molar-refractivity contribution in [3.05, 3.63) is 0 Å². The smallest absolute Gasteiger partial charge is 0.0895 e. The average molecular weight is 216 g/mol. The number of hydrogen-bond donors (Lipinski definition) is 0. The summed E-state index contributed by atoms with van der Waals surface area (Å²) in [5.41, 5.74) is 0.356. The van der Waals surface area contributed by atoms with E-state index in [1.165, 1.54) is 12.8 Å². The second-order valence-electron chi connectivity index (χ2n) is 4.43. The van der Waals surface area contributed by atoms with Crippen molar-refractivity contribution in [2.45, 2.75) is 24.5 Å². The first-order valence-corrected chi connectivity index (χ1v) is 6.45. The first kappa shape index (κ1) is 10.7. The number of likely N-dealkylation sites (N-methyl/N-ethyl adjacent to an activating group) is 1. The van der Waals surface area contributed by atoms with Gasteiger partial charge in [0.05, 0.1) is 12.7 Å². The molecule has 0 unspecified atom stereocenters. The molecule has 0 spiro atoms. The topological polar surface area (TPSA) is 15.7 Å². The first-order chi connectivity index (χ1) is 6.69. The van der Waals surface area contributed by atoms with Crippen LogP contribution in [0, 0.1) is 0 Å². The monoisotopic (exact) mass is 216 g/mol. The van der Waals surface area contributed by atoms with Crippen molar-refractivity contribution in [3.63, 3.8) is 0 Å². The standard InChI is InChI=1S/C10H20N2OS/c1-11(2)10(4-5-10)9-8-12(14-3)6-7-13-9/h9H,4-8H2,1-3H3/t9-/m0/s1. The molecular formula is C10H20N2OS. The number of nitrogens with zero attached hydrogens (tertiary/aromatic N) is 2. The molecule has 0 aromatic heterocycles. The molecule has 0 aromatic rings. The van der Waals surface area contributed by atoms with E-state index in [1.54, 1.807) is 0 Å². The fraction of sp³-hybridized carbons (Fsp3) is 1.00. The van der Waals surface area contributed by atoms with E-state index in [1.807, 2.05) is 11.9 Å². The molecule has 0 amide bonds. The molecule has 1 saturated heterocycles. The van der Waals surface area contributed by atoms with Crippen molar-refractivity contribution in [1.82, 2.24) is 9.21 Å². The minimum atomic E-state index is 0.356. The highest BCUT2D eigenvalue weighted by atomic mass is 32.2. The predicted octanol–water partition coefficient (Wildman–Crippen LogP) is 1.06. The Labute approximate surface area is 90.9 Å². The third kappa shape index (κ3) is 1.81. The highest BCUT2D eigenvalue weighted by Gasteiger charge is 2.53. The molecule has 1 aliphatic carbocycles. The number of ether oxygens (including phenoxy) is 1. The molecular weight excluding hydrogens is 196 g/mol. The lowest BCUT2D eigenvalue weighted by Crippen LogP contribution is -2.51. The van der Waals surface area contributed by atoms with Crippen LogP contribution >= 0.6 is 11.9 Å². The van der Waals surface area contributed by atoms with E-state index in [9.17, 15) is 0 Å². The molecule has 1 aliphatic heterocycles. The van der Waals surface area contributed by atoms with Crippen molar-refractivity contribution in [2.75, 3.05) is 40.0 Å². The third-order valence-electron chi connectivity index (χ3n) is 3.54. The zero-order valence-electron chi connectivity index (χ0n) is 9.32. The fourth-order valence-electron chi connectivity index (χ4n) is 2.30. The summed E-state index contributed by atoms with van der Waals surface area (Å²) >= 11 is 1.84. The summed E-state index contributed by atoms with van der Waals surface area (Å²) in [6, 6.07) is 0. The van der Waals surface area contributed by atoms with Gasteiger partial charge in [0, 0.05) is 18.6 Å². The molecule has 82 valence electrons. The Morgan fingerprint density at radius 2 is 2.14 bits per heavy atom. The van der Waals surface area contributed by atoms with Crippen LogP contribution in [0.2, 0.25) is 0 Å². The van der Waals surface area contributed by atoms with E-state index < -0.39 is 0 Å². The van der Waals surface area contributed by atoms with Crippen LogP contribution in [0.15, 0.2) is 0 Å². The highest BCUT2D eigenvalue weighted by Crippen LogP contribution is 2.45. The van der Waals surface area contributed by atoms with Crippen LogP contribution in [0.25, 0.3) is 0 Å². The molecule has 2 aliphatic rings. The molecule has 2 rings (SSSR count). The second kappa shape index (κ2) is 4.00. The summed E-state index contributed by atoms with van der Waals surface area (Å²) in [4.78, 5) is 2.35. The molecule has 0 aromatic carbocycles. The Balaban J connectivity index is 1.97. The van der Waals surface area contributed by atoms with Crippen LogP contribution in [0.4, 0.5) is 0 Å². The summed E-state index contributed by atoms with van der Waals surface area (Å²) in [6.45, 7) is 3.04. The van der Waals surface area contributed by atoms with Gasteiger partial charge in [-0.3, -0.25) is 0 Å². The highest BCUT2D eigenvalue weighted by molar-refractivity contribution is 7.96. The molecule has 0 N–H and O–H groups in total. The molecule has 0 bridgehead atoms. The Morgan fingerprint density at radius 1 is 1.43 bits per heavy atom. The van der Waals surface area contributed by atoms with E-state index in [0.717, 1.165) is 19.7 Å². The van der Waals surface area contributed by atoms with Gasteiger partial charge in [-0.05, 0) is 33.2 Å². The van der Waals surface area contributed by atoms with Crippen LogP contribution in [0.1, 0.15) is 12.8 Å². The average Bonchev–Trinajstić information content (AvgIpc) is 2.98. The van der Waals surface area contributed by atoms with Crippen molar-refractivity contribution in [2.24, 2.45) is 0 Å². The van der Waals surface area contributed by atoms with Gasteiger partial charge < -0.3 is 9.64 Å². The van der Waals surface area contributed by atoms with Gasteiger partial charge in [-0.25, -0.2) is 4.31 Å². The number of hydrogen-bond acceptors (Lipinski definition) is 4. The van der Waals surface area contributed by atoms with E-state index in [-0.39, 0.29) is 0 Å². The second-order valence-corrected chi connectivity index (χ2v) is 5.31. The Bertz CT molecular complexity index is 206. The molecule has 1 heterocycles. The SMILES string of the molecule is CSN1CCO[C@H](C2(N(C)C)CC2)C1. The van der Waals surface area contributed by atoms with E-state index in [4.69, 9.17) is 4.74 Å². The largest absolute Gasteiger partial charge is 0.374 e. The first-order valence-electron chi connectivity index (χ1n) is 5.27. The third-order valence-corrected chi connectivity index (χ3v) is 4.39. The minimum Gasteiger partial charge on any atom is -0.374 e. The van der Waals surface area contributed by atoms with Gasteiger partial charge in [-0.15, -0.1) is 0 Å². The predicted molar refractivity (Wildman–Crippen MR) is 60.5 cm³/mol. The van der Waals surface area contributed by atoms with Gasteiger partial charge in [0.1, 0.15) is 0 Å². The zero-order chi connectivity index (χ0) is 10.2. The normalized spacial score (nSPS) is 32.1. The summed E-state index contributed by atoms with van der Waals surface area (Å²) in [6.07, 6.45) is 5.16. The van der Waals surface area contributed by atoms with Crippen LogP contribution in [-0.4, -0.2) is 60.9 Å². The number of morpholine rings is 1. The van der Waals surface area contributed by atoms with Crippen molar-refractivity contribution in [1.29, 1.82) is 0 Å². The Kier molecular flexibility index (Phi) is 3.07. The molecule has 0 radical (unpaired) electrons. The van der Waals surface area contributed by atoms with Gasteiger partial charge in [-0.1, -0.05) is 11.9 Å². The maximum Gasteiger partial charge on any atom is 0.0895 e. The lowest BCUT2D eigenvalue weighted by molar-refractivity contribution is -0.0505. The van der Waals surface area contributed by atoms with Gasteiger partial charge >= 0.3 is 0 Å². The number of rotatable bonds is 3. The fourth-order valence-corrected chi connectivity index (χ4v) is 2.84. The zero-order valence-corrected chi connectivity index (χ0v) is 10.1. The van der Waals surface area contributed by atoms with Gasteiger partial charge in [-0.2, -0.15) is 0 Å². The Hall–Kier alpha value is 0.230. The molecule has 4 heteroatoms. The van der Waals surface area contributed by atoms with Crippen molar-refractivity contribution < 1.29 is 4.74 Å². The van der Waals surface area contributed by atoms with Crippen LogP contribution in [-0.2, 0) is 4.74 Å². The Morgan fingerprint density at radius 3 is 2.64 bits per heavy atom. The van der Waals surface area contributed by atoms with Gasteiger partial charge in [0.2, 0.25) is 0 Å². The van der Waals surface area contributed by atoms with E-state index in [0.29, 0.717) is 11.6 Å². The van der Waals surface area contributed by atoms with Crippen LogP contribution < -0.4 is 0 Å². The molecule has 1 saturated carbocycles. The van der Waals surface area contributed by atoms with Crippen LogP contribution in [0.3, 0.4) is 0 Å². The van der Waals surface area contributed by atoms with Crippen LogP contribution in [0.5, 0.6) is 0 Å².